The normalized spacial score (nSPS) is 24.8. The molecule has 0 radical (unpaired) electrons. The fraction of sp³-hybridized carbons (Fsp3) is 0.579. The summed E-state index contributed by atoms with van der Waals surface area (Å²) in [6.45, 7) is 4.83. The van der Waals surface area contributed by atoms with Gasteiger partial charge < -0.3 is 15.0 Å². The van der Waals surface area contributed by atoms with E-state index in [2.05, 4.69) is 17.3 Å². The minimum Gasteiger partial charge on any atom is -0.496 e. The number of likely N-dealkylation sites (N-methyl/N-ethyl adjacent to an activating group) is 1. The molecule has 2 amide bonds. The Balaban J connectivity index is 1.79. The minimum atomic E-state index is -0.116. The molecule has 1 aromatic carbocycles. The number of nitrogens with zero attached hydrogens (tertiary/aromatic N) is 2. The van der Waals surface area contributed by atoms with Crippen LogP contribution in [0.4, 0.5) is 0 Å². The molecule has 1 atom stereocenters. The standard InChI is InChI=1S/C19H27N3O3/c1-14-12-15(4-5-16(14)25-3)18(24)22-11-10-21(2)19(13-22)7-6-17(23)20-9-8-19/h4-5,12H,6-11,13H2,1-3H3,(H,20,23). The van der Waals surface area contributed by atoms with Gasteiger partial charge >= 0.3 is 0 Å². The first-order valence-electron chi connectivity index (χ1n) is 8.87. The highest BCUT2D eigenvalue weighted by molar-refractivity contribution is 5.94. The molecule has 2 aliphatic rings. The van der Waals surface area contributed by atoms with Crippen LogP contribution in [0, 0.1) is 6.92 Å². The lowest BCUT2D eigenvalue weighted by Crippen LogP contribution is -2.62. The van der Waals surface area contributed by atoms with E-state index in [0.717, 1.165) is 30.7 Å². The third-order valence-electron chi connectivity index (χ3n) is 5.66. The third-order valence-corrected chi connectivity index (χ3v) is 5.66. The van der Waals surface area contributed by atoms with Crippen molar-refractivity contribution in [2.24, 2.45) is 0 Å². The number of benzene rings is 1. The molecule has 0 aromatic heterocycles. The van der Waals surface area contributed by atoms with Crippen molar-refractivity contribution in [2.75, 3.05) is 40.3 Å². The van der Waals surface area contributed by atoms with Gasteiger partial charge in [0.25, 0.3) is 5.91 Å². The smallest absolute Gasteiger partial charge is 0.253 e. The SMILES string of the molecule is COc1ccc(C(=O)N2CCN(C)C3(CCNC(=O)CC3)C2)cc1C. The predicted octanol–water partition coefficient (Wildman–Crippen LogP) is 1.43. The summed E-state index contributed by atoms with van der Waals surface area (Å²) >= 11 is 0. The Kier molecular flexibility index (Phi) is 4.99. The van der Waals surface area contributed by atoms with Gasteiger partial charge in [-0.25, -0.2) is 0 Å². The van der Waals surface area contributed by atoms with Crippen LogP contribution in [0.25, 0.3) is 0 Å². The molecule has 2 heterocycles. The van der Waals surface area contributed by atoms with Gasteiger partial charge in [0.2, 0.25) is 5.91 Å². The van der Waals surface area contributed by atoms with Crippen LogP contribution in [0.5, 0.6) is 5.75 Å². The van der Waals surface area contributed by atoms with E-state index in [4.69, 9.17) is 4.74 Å². The number of rotatable bonds is 2. The molecule has 0 saturated carbocycles. The van der Waals surface area contributed by atoms with E-state index in [-0.39, 0.29) is 17.4 Å². The van der Waals surface area contributed by atoms with Gasteiger partial charge in [-0.2, -0.15) is 0 Å². The molecule has 2 fully saturated rings. The van der Waals surface area contributed by atoms with Crippen molar-refractivity contribution >= 4 is 11.8 Å². The van der Waals surface area contributed by atoms with Crippen LogP contribution in [0.1, 0.15) is 35.2 Å². The van der Waals surface area contributed by atoms with Crippen molar-refractivity contribution in [1.29, 1.82) is 0 Å². The van der Waals surface area contributed by atoms with Gasteiger partial charge in [-0.05, 0) is 50.6 Å². The van der Waals surface area contributed by atoms with E-state index in [1.54, 1.807) is 7.11 Å². The zero-order valence-corrected chi connectivity index (χ0v) is 15.3. The van der Waals surface area contributed by atoms with E-state index in [9.17, 15) is 9.59 Å². The molecule has 6 heteroatoms. The highest BCUT2D eigenvalue weighted by Crippen LogP contribution is 2.31. The van der Waals surface area contributed by atoms with Crippen molar-refractivity contribution in [3.05, 3.63) is 29.3 Å². The fourth-order valence-electron chi connectivity index (χ4n) is 3.96. The van der Waals surface area contributed by atoms with Crippen LogP contribution in [0.15, 0.2) is 18.2 Å². The summed E-state index contributed by atoms with van der Waals surface area (Å²) in [5, 5.41) is 2.95. The van der Waals surface area contributed by atoms with Gasteiger partial charge in [0.05, 0.1) is 7.11 Å². The molecule has 1 spiro atoms. The number of ether oxygens (including phenoxy) is 1. The van der Waals surface area contributed by atoms with Crippen LogP contribution in [0.2, 0.25) is 0 Å². The Labute approximate surface area is 149 Å². The van der Waals surface area contributed by atoms with Crippen molar-refractivity contribution in [3.63, 3.8) is 0 Å². The Morgan fingerprint density at radius 2 is 2.08 bits per heavy atom. The van der Waals surface area contributed by atoms with Crippen LogP contribution >= 0.6 is 0 Å². The monoisotopic (exact) mass is 345 g/mol. The van der Waals surface area contributed by atoms with Crippen molar-refractivity contribution in [1.82, 2.24) is 15.1 Å². The summed E-state index contributed by atoms with van der Waals surface area (Å²) in [5.74, 6) is 0.959. The number of methoxy groups -OCH3 is 1. The summed E-state index contributed by atoms with van der Waals surface area (Å²) in [6.07, 6.45) is 2.19. The second kappa shape index (κ2) is 7.04. The van der Waals surface area contributed by atoms with Crippen LogP contribution in [0.3, 0.4) is 0 Å². The Bertz CT molecular complexity index is 676. The number of hydrogen-bond acceptors (Lipinski definition) is 4. The van der Waals surface area contributed by atoms with Gasteiger partial charge in [-0.15, -0.1) is 0 Å². The molecule has 1 unspecified atom stereocenters. The molecule has 2 aliphatic heterocycles. The quantitative estimate of drug-likeness (QED) is 0.881. The average Bonchev–Trinajstić information content (AvgIpc) is 2.79. The summed E-state index contributed by atoms with van der Waals surface area (Å²) in [6, 6.07) is 5.57. The number of hydrogen-bond donors (Lipinski definition) is 1. The fourth-order valence-corrected chi connectivity index (χ4v) is 3.96. The summed E-state index contributed by atoms with van der Waals surface area (Å²) in [5.41, 5.74) is 1.54. The summed E-state index contributed by atoms with van der Waals surface area (Å²) < 4.78 is 5.28. The molecule has 2 saturated heterocycles. The predicted molar refractivity (Wildman–Crippen MR) is 95.9 cm³/mol. The van der Waals surface area contributed by atoms with Crippen molar-refractivity contribution in [2.45, 2.75) is 31.7 Å². The molecule has 1 aromatic rings. The second-order valence-electron chi connectivity index (χ2n) is 7.16. The van der Waals surface area contributed by atoms with Crippen molar-refractivity contribution < 1.29 is 14.3 Å². The molecular formula is C19H27N3O3. The number of piperazine rings is 1. The third kappa shape index (κ3) is 3.49. The van der Waals surface area contributed by atoms with E-state index >= 15 is 0 Å². The van der Waals surface area contributed by atoms with Crippen molar-refractivity contribution in [3.8, 4) is 5.75 Å². The largest absolute Gasteiger partial charge is 0.496 e. The Morgan fingerprint density at radius 3 is 2.80 bits per heavy atom. The van der Waals surface area contributed by atoms with E-state index in [0.29, 0.717) is 31.6 Å². The first-order valence-corrected chi connectivity index (χ1v) is 8.87. The lowest BCUT2D eigenvalue weighted by molar-refractivity contribution is -0.121. The van der Waals surface area contributed by atoms with Crippen LogP contribution in [-0.4, -0.2) is 67.5 Å². The van der Waals surface area contributed by atoms with Crippen LogP contribution in [-0.2, 0) is 4.79 Å². The highest BCUT2D eigenvalue weighted by Gasteiger charge is 2.42. The van der Waals surface area contributed by atoms with Crippen LogP contribution < -0.4 is 10.1 Å². The summed E-state index contributed by atoms with van der Waals surface area (Å²) in [7, 11) is 3.74. The minimum absolute atomic E-state index is 0.0572. The molecule has 0 bridgehead atoms. The van der Waals surface area contributed by atoms with Gasteiger partial charge in [0, 0.05) is 43.7 Å². The number of carbonyl (C=O) groups is 2. The molecule has 25 heavy (non-hydrogen) atoms. The summed E-state index contributed by atoms with van der Waals surface area (Å²) in [4.78, 5) is 29.0. The maximum absolute atomic E-state index is 13.0. The number of aryl methyl sites for hydroxylation is 1. The Morgan fingerprint density at radius 1 is 1.28 bits per heavy atom. The molecule has 1 N–H and O–H groups in total. The van der Waals surface area contributed by atoms with E-state index in [1.165, 1.54) is 0 Å². The van der Waals surface area contributed by atoms with Gasteiger partial charge in [-0.1, -0.05) is 0 Å². The maximum Gasteiger partial charge on any atom is 0.253 e. The lowest BCUT2D eigenvalue weighted by atomic mass is 9.86. The molecule has 6 nitrogen and oxygen atoms in total. The first kappa shape index (κ1) is 17.7. The number of nitrogens with one attached hydrogen (secondary N) is 1. The zero-order chi connectivity index (χ0) is 18.0. The maximum atomic E-state index is 13.0. The average molecular weight is 345 g/mol. The molecule has 3 rings (SSSR count). The van der Waals surface area contributed by atoms with Gasteiger partial charge in [-0.3, -0.25) is 14.5 Å². The molecular weight excluding hydrogens is 318 g/mol. The van der Waals surface area contributed by atoms with E-state index < -0.39 is 0 Å². The lowest BCUT2D eigenvalue weighted by Gasteiger charge is -2.49. The van der Waals surface area contributed by atoms with Gasteiger partial charge in [0.15, 0.2) is 0 Å². The van der Waals surface area contributed by atoms with Gasteiger partial charge in [0.1, 0.15) is 5.75 Å². The number of amides is 2. The highest BCUT2D eigenvalue weighted by atomic mass is 16.5. The first-order chi connectivity index (χ1) is 11.9. The zero-order valence-electron chi connectivity index (χ0n) is 15.3. The Hall–Kier alpha value is -2.08. The number of carbonyl (C=O) groups excluding carboxylic acids is 2. The molecule has 0 aliphatic carbocycles. The topological polar surface area (TPSA) is 61.9 Å². The second-order valence-corrected chi connectivity index (χ2v) is 7.16. The molecule has 136 valence electrons. The van der Waals surface area contributed by atoms with E-state index in [1.807, 2.05) is 30.0 Å².